The largest absolute Gasteiger partial charge is 0.481 e. The smallest absolute Gasteiger partial charge is 0.338 e. The van der Waals surface area contributed by atoms with Gasteiger partial charge in [0.05, 0.1) is 30.6 Å². The summed E-state index contributed by atoms with van der Waals surface area (Å²) >= 11 is 0. The molecule has 0 aromatic heterocycles. The van der Waals surface area contributed by atoms with Gasteiger partial charge in [0.2, 0.25) is 0 Å². The Bertz CT molecular complexity index is 958. The normalized spacial score (nSPS) is 38.1. The maximum atomic E-state index is 13.1. The third-order valence-corrected chi connectivity index (χ3v) is 9.32. The van der Waals surface area contributed by atoms with Crippen molar-refractivity contribution in [2.24, 2.45) is 34.5 Å². The summed E-state index contributed by atoms with van der Waals surface area (Å²) in [4.78, 5) is 38.6. The first kappa shape index (κ1) is 26.6. The van der Waals surface area contributed by atoms with Crippen LogP contribution in [-0.2, 0) is 23.8 Å². The van der Waals surface area contributed by atoms with Crippen molar-refractivity contribution in [3.05, 3.63) is 35.9 Å². The second-order valence-electron chi connectivity index (χ2n) is 11.3. The van der Waals surface area contributed by atoms with Gasteiger partial charge in [0.25, 0.3) is 0 Å². The molecule has 4 rings (SSSR count). The fraction of sp³-hybridized carbons (Fsp3) is 0.679. The zero-order valence-electron chi connectivity index (χ0n) is 21.4. The minimum Gasteiger partial charge on any atom is -0.481 e. The van der Waals surface area contributed by atoms with E-state index in [1.165, 1.54) is 7.11 Å². The van der Waals surface area contributed by atoms with E-state index < -0.39 is 58.7 Å². The minimum absolute atomic E-state index is 0.0939. The molecule has 0 bridgehead atoms. The number of aliphatic hydroxyl groups is 1. The number of methoxy groups -OCH3 is 1. The van der Waals surface area contributed by atoms with Crippen LogP contribution in [0.15, 0.2) is 30.3 Å². The first-order chi connectivity index (χ1) is 17.1. The lowest BCUT2D eigenvalue weighted by Crippen LogP contribution is -2.65. The van der Waals surface area contributed by atoms with Gasteiger partial charge < -0.3 is 24.4 Å². The summed E-state index contributed by atoms with van der Waals surface area (Å²) in [7, 11) is 1.33. The van der Waals surface area contributed by atoms with Gasteiger partial charge in [-0.15, -0.1) is 0 Å². The van der Waals surface area contributed by atoms with Crippen LogP contribution in [0.25, 0.3) is 0 Å². The van der Waals surface area contributed by atoms with Crippen molar-refractivity contribution in [1.29, 1.82) is 0 Å². The van der Waals surface area contributed by atoms with E-state index in [9.17, 15) is 24.6 Å². The molecule has 1 saturated heterocycles. The van der Waals surface area contributed by atoms with Crippen molar-refractivity contribution in [2.75, 3.05) is 20.3 Å². The summed E-state index contributed by atoms with van der Waals surface area (Å²) in [5, 5.41) is 21.6. The molecule has 2 aliphatic carbocycles. The zero-order chi connectivity index (χ0) is 26.1. The minimum atomic E-state index is -1.12. The number of carbonyl (C=O) groups excluding carboxylic acids is 2. The molecule has 2 saturated carbocycles. The number of benzene rings is 1. The molecule has 1 aromatic carbocycles. The van der Waals surface area contributed by atoms with Crippen LogP contribution >= 0.6 is 0 Å². The summed E-state index contributed by atoms with van der Waals surface area (Å²) in [6.45, 7) is 5.27. The molecule has 2 N–H and O–H groups in total. The lowest BCUT2D eigenvalue weighted by molar-refractivity contribution is -0.217. The lowest BCUT2D eigenvalue weighted by Gasteiger charge is -2.62. The molecule has 0 radical (unpaired) electrons. The van der Waals surface area contributed by atoms with E-state index in [0.717, 1.165) is 12.8 Å². The van der Waals surface area contributed by atoms with Crippen LogP contribution < -0.4 is 0 Å². The van der Waals surface area contributed by atoms with Crippen LogP contribution in [0.2, 0.25) is 0 Å². The molecule has 198 valence electrons. The third-order valence-electron chi connectivity index (χ3n) is 9.32. The van der Waals surface area contributed by atoms with Crippen molar-refractivity contribution in [2.45, 2.75) is 64.6 Å². The first-order valence-electron chi connectivity index (χ1n) is 12.9. The number of carboxylic acids is 1. The van der Waals surface area contributed by atoms with Gasteiger partial charge in [-0.3, -0.25) is 9.59 Å². The Hall–Kier alpha value is -2.45. The highest BCUT2D eigenvalue weighted by molar-refractivity contribution is 5.89. The highest BCUT2D eigenvalue weighted by Gasteiger charge is 2.66. The second-order valence-corrected chi connectivity index (χ2v) is 11.3. The molecule has 0 amide bonds. The van der Waals surface area contributed by atoms with Gasteiger partial charge >= 0.3 is 17.9 Å². The average molecular weight is 503 g/mol. The molecule has 1 heterocycles. The van der Waals surface area contributed by atoms with Gasteiger partial charge in [0.15, 0.2) is 0 Å². The number of hydrogen-bond donors (Lipinski definition) is 2. The Morgan fingerprint density at radius 3 is 2.44 bits per heavy atom. The van der Waals surface area contributed by atoms with E-state index in [0.29, 0.717) is 44.0 Å². The third kappa shape index (κ3) is 4.77. The monoisotopic (exact) mass is 502 g/mol. The van der Waals surface area contributed by atoms with E-state index in [4.69, 9.17) is 14.2 Å². The fourth-order valence-corrected chi connectivity index (χ4v) is 7.40. The van der Waals surface area contributed by atoms with Crippen molar-refractivity contribution in [3.63, 3.8) is 0 Å². The molecule has 8 heteroatoms. The molecule has 3 aliphatic rings. The van der Waals surface area contributed by atoms with Gasteiger partial charge in [0.1, 0.15) is 6.10 Å². The number of ether oxygens (including phenoxy) is 3. The van der Waals surface area contributed by atoms with Gasteiger partial charge in [-0.05, 0) is 67.4 Å². The standard InChI is InChI=1S/C28H38O8/c1-27(12-9-17-11-14-35-16-17)19(24(30)31)10-13-28(2)20(26(33)34-3)15-21(29)22(23(27)28)36-25(32)18-7-5-4-6-8-18/h4-8,17,19-23,29H,9-16H2,1-3H3,(H,30,31)/t17?,19-,20-,21-,22-,23?,27-,28-/m0/s1. The molecular formula is C28H38O8. The van der Waals surface area contributed by atoms with Crippen LogP contribution in [0.3, 0.4) is 0 Å². The van der Waals surface area contributed by atoms with Crippen LogP contribution in [0, 0.1) is 34.5 Å². The molecular weight excluding hydrogens is 464 g/mol. The molecule has 1 aromatic rings. The Morgan fingerprint density at radius 2 is 1.83 bits per heavy atom. The van der Waals surface area contributed by atoms with E-state index >= 15 is 0 Å². The number of esters is 2. The number of carbonyl (C=O) groups is 3. The van der Waals surface area contributed by atoms with Gasteiger partial charge in [-0.25, -0.2) is 4.79 Å². The van der Waals surface area contributed by atoms with Crippen molar-refractivity contribution in [1.82, 2.24) is 0 Å². The quantitative estimate of drug-likeness (QED) is 0.542. The fourth-order valence-electron chi connectivity index (χ4n) is 7.40. The Kier molecular flexibility index (Phi) is 7.76. The van der Waals surface area contributed by atoms with Crippen molar-refractivity contribution < 1.29 is 38.8 Å². The van der Waals surface area contributed by atoms with Crippen LogP contribution in [0.1, 0.15) is 62.7 Å². The summed E-state index contributed by atoms with van der Waals surface area (Å²) < 4.78 is 16.7. The lowest BCUT2D eigenvalue weighted by atomic mass is 9.43. The molecule has 36 heavy (non-hydrogen) atoms. The predicted octanol–water partition coefficient (Wildman–Crippen LogP) is 3.71. The Labute approximate surface area is 212 Å². The summed E-state index contributed by atoms with van der Waals surface area (Å²) in [5.74, 6) is -3.43. The Balaban J connectivity index is 1.76. The SMILES string of the molecule is COC(=O)[C@@H]1C[C@H](O)[C@H](OC(=O)c2ccccc2)C2[C@@](C)(CCC3CCOC3)[C@H](C(=O)O)CC[C@]21C. The van der Waals surface area contributed by atoms with E-state index in [1.807, 2.05) is 13.8 Å². The second kappa shape index (κ2) is 10.5. The molecule has 8 nitrogen and oxygen atoms in total. The number of carboxylic acid groups (broad SMARTS) is 1. The molecule has 2 unspecified atom stereocenters. The predicted molar refractivity (Wildman–Crippen MR) is 130 cm³/mol. The summed E-state index contributed by atoms with van der Waals surface area (Å²) in [6.07, 6.45) is 1.15. The number of aliphatic carboxylic acids is 1. The molecule has 3 fully saturated rings. The maximum absolute atomic E-state index is 13.1. The number of aliphatic hydroxyl groups excluding tert-OH is 1. The summed E-state index contributed by atoms with van der Waals surface area (Å²) in [6, 6.07) is 8.56. The first-order valence-corrected chi connectivity index (χ1v) is 12.9. The molecule has 0 spiro atoms. The highest BCUT2D eigenvalue weighted by Crippen LogP contribution is 2.64. The number of rotatable bonds is 7. The van der Waals surface area contributed by atoms with Gasteiger partial charge in [0, 0.05) is 19.1 Å². The average Bonchev–Trinajstić information content (AvgIpc) is 3.38. The van der Waals surface area contributed by atoms with Gasteiger partial charge in [-0.2, -0.15) is 0 Å². The maximum Gasteiger partial charge on any atom is 0.338 e. The molecule has 8 atom stereocenters. The van der Waals surface area contributed by atoms with E-state index in [1.54, 1.807) is 30.3 Å². The van der Waals surface area contributed by atoms with Gasteiger partial charge in [-0.1, -0.05) is 32.0 Å². The van der Waals surface area contributed by atoms with Crippen molar-refractivity contribution in [3.8, 4) is 0 Å². The van der Waals surface area contributed by atoms with Crippen LogP contribution in [0.4, 0.5) is 0 Å². The zero-order valence-corrected chi connectivity index (χ0v) is 21.4. The van der Waals surface area contributed by atoms with E-state index in [-0.39, 0.29) is 6.42 Å². The van der Waals surface area contributed by atoms with E-state index in [2.05, 4.69) is 0 Å². The van der Waals surface area contributed by atoms with Crippen molar-refractivity contribution >= 4 is 17.9 Å². The topological polar surface area (TPSA) is 119 Å². The van der Waals surface area contributed by atoms with Crippen LogP contribution in [0.5, 0.6) is 0 Å². The Morgan fingerprint density at radius 1 is 1.11 bits per heavy atom. The number of fused-ring (bicyclic) bond motifs is 1. The molecule has 1 aliphatic heterocycles. The summed E-state index contributed by atoms with van der Waals surface area (Å²) in [5.41, 5.74) is -1.17. The highest BCUT2D eigenvalue weighted by atomic mass is 16.6. The van der Waals surface area contributed by atoms with Crippen LogP contribution in [-0.4, -0.2) is 60.7 Å². The number of hydrogen-bond acceptors (Lipinski definition) is 7.